The van der Waals surface area contributed by atoms with Crippen molar-refractivity contribution in [2.45, 2.75) is 46.1 Å². The number of nitrogens with zero attached hydrogens (tertiary/aromatic N) is 2. The van der Waals surface area contributed by atoms with Crippen LogP contribution >= 0.6 is 0 Å². The summed E-state index contributed by atoms with van der Waals surface area (Å²) in [6, 6.07) is 1.84. The summed E-state index contributed by atoms with van der Waals surface area (Å²) >= 11 is 0. The maximum atomic E-state index is 11.0. The van der Waals surface area contributed by atoms with Crippen molar-refractivity contribution in [3.8, 4) is 0 Å². The molecule has 106 valence electrons. The Morgan fingerprint density at radius 2 is 1.95 bits per heavy atom. The van der Waals surface area contributed by atoms with E-state index in [4.69, 9.17) is 5.73 Å². The van der Waals surface area contributed by atoms with Crippen molar-refractivity contribution in [2.24, 2.45) is 5.73 Å². The smallest absolute Gasteiger partial charge is 0.219 e. The minimum absolute atomic E-state index is 0.245. The molecule has 0 bridgehead atoms. The van der Waals surface area contributed by atoms with Gasteiger partial charge in [0.2, 0.25) is 5.91 Å². The van der Waals surface area contributed by atoms with E-state index >= 15 is 0 Å². The molecular weight excluding hydrogens is 242 g/mol. The second kappa shape index (κ2) is 6.36. The summed E-state index contributed by atoms with van der Waals surface area (Å²) in [5.41, 5.74) is 4.81. The van der Waals surface area contributed by atoms with Crippen molar-refractivity contribution >= 4 is 17.5 Å². The van der Waals surface area contributed by atoms with Gasteiger partial charge in [-0.2, -0.15) is 0 Å². The Bertz CT molecular complexity index is 445. The van der Waals surface area contributed by atoms with Crippen LogP contribution in [0.3, 0.4) is 0 Å². The predicted octanol–water partition coefficient (Wildman–Crippen LogP) is 1.54. The van der Waals surface area contributed by atoms with E-state index < -0.39 is 5.54 Å². The normalized spacial score (nSPS) is 11.2. The highest BCUT2D eigenvalue weighted by Crippen LogP contribution is 2.19. The molecule has 0 saturated carbocycles. The quantitative estimate of drug-likeness (QED) is 0.695. The van der Waals surface area contributed by atoms with E-state index in [1.54, 1.807) is 0 Å². The number of aromatic nitrogens is 2. The van der Waals surface area contributed by atoms with Crippen LogP contribution in [0.2, 0.25) is 0 Å². The summed E-state index contributed by atoms with van der Waals surface area (Å²) in [6.45, 7) is 8.64. The lowest BCUT2D eigenvalue weighted by Gasteiger charge is -2.25. The Kier molecular flexibility index (Phi) is 5.09. The molecule has 0 unspecified atom stereocenters. The number of carbonyl (C=O) groups is 1. The summed E-state index contributed by atoms with van der Waals surface area (Å²) in [7, 11) is 0. The van der Waals surface area contributed by atoms with Gasteiger partial charge >= 0.3 is 0 Å². The lowest BCUT2D eigenvalue weighted by Crippen LogP contribution is -2.36. The first-order chi connectivity index (χ1) is 8.86. The number of anilines is 2. The molecule has 1 aromatic rings. The number of hydrogen-bond donors (Lipinski definition) is 3. The summed E-state index contributed by atoms with van der Waals surface area (Å²) in [4.78, 5) is 19.8. The van der Waals surface area contributed by atoms with Gasteiger partial charge in [0.15, 0.2) is 0 Å². The summed E-state index contributed by atoms with van der Waals surface area (Å²) in [5, 5.41) is 6.40. The molecule has 4 N–H and O–H groups in total. The zero-order valence-electron chi connectivity index (χ0n) is 12.1. The van der Waals surface area contributed by atoms with Crippen LogP contribution in [0.25, 0.3) is 0 Å². The van der Waals surface area contributed by atoms with E-state index in [-0.39, 0.29) is 12.3 Å². The van der Waals surface area contributed by atoms with Crippen molar-refractivity contribution in [2.75, 3.05) is 17.2 Å². The van der Waals surface area contributed by atoms with Gasteiger partial charge in [-0.15, -0.1) is 0 Å². The Morgan fingerprint density at radius 1 is 1.32 bits per heavy atom. The molecule has 1 heterocycles. The maximum absolute atomic E-state index is 11.0. The molecule has 0 fully saturated rings. The number of hydrogen-bond acceptors (Lipinski definition) is 5. The van der Waals surface area contributed by atoms with Gasteiger partial charge in [0.1, 0.15) is 17.5 Å². The van der Waals surface area contributed by atoms with Gasteiger partial charge in [-0.25, -0.2) is 9.97 Å². The first-order valence-electron chi connectivity index (χ1n) is 6.54. The Hall–Kier alpha value is -1.85. The topological polar surface area (TPSA) is 92.9 Å². The lowest BCUT2D eigenvalue weighted by molar-refractivity contribution is -0.118. The van der Waals surface area contributed by atoms with Crippen LogP contribution in [0.15, 0.2) is 6.07 Å². The molecule has 1 aromatic heterocycles. The molecule has 0 aromatic carbocycles. The van der Waals surface area contributed by atoms with E-state index in [1.807, 2.05) is 33.8 Å². The molecule has 0 aliphatic carbocycles. The molecule has 0 aliphatic heterocycles. The second-order valence-electron chi connectivity index (χ2n) is 5.09. The van der Waals surface area contributed by atoms with Gasteiger partial charge in [-0.3, -0.25) is 4.79 Å². The van der Waals surface area contributed by atoms with Crippen molar-refractivity contribution in [3.63, 3.8) is 0 Å². The number of aryl methyl sites for hydroxylation is 1. The minimum Gasteiger partial charge on any atom is -0.370 e. The standard InChI is InChI=1S/C13H23N5O/c1-5-10-16-11(15-6-2)7-12(17-10)18-13(3,4)8-9(14)19/h7H,5-6,8H2,1-4H3,(H2,14,19)(H2,15,16,17,18). The highest BCUT2D eigenvalue weighted by atomic mass is 16.1. The molecule has 0 aliphatic rings. The number of carbonyl (C=O) groups excluding carboxylic acids is 1. The number of primary amides is 1. The van der Waals surface area contributed by atoms with Crippen LogP contribution in [0.4, 0.5) is 11.6 Å². The summed E-state index contributed by atoms with van der Waals surface area (Å²) in [6.07, 6.45) is 0.999. The first kappa shape index (κ1) is 15.2. The minimum atomic E-state index is -0.436. The largest absolute Gasteiger partial charge is 0.370 e. The highest BCUT2D eigenvalue weighted by Gasteiger charge is 2.21. The number of rotatable bonds is 7. The number of nitrogens with one attached hydrogen (secondary N) is 2. The van der Waals surface area contributed by atoms with E-state index in [2.05, 4.69) is 20.6 Å². The Morgan fingerprint density at radius 3 is 2.47 bits per heavy atom. The van der Waals surface area contributed by atoms with Crippen molar-refractivity contribution in [1.29, 1.82) is 0 Å². The average molecular weight is 265 g/mol. The van der Waals surface area contributed by atoms with Crippen LogP contribution in [-0.4, -0.2) is 28.0 Å². The number of nitrogens with two attached hydrogens (primary N) is 1. The molecule has 1 rings (SSSR count). The number of amides is 1. The summed E-state index contributed by atoms with van der Waals surface area (Å²) in [5.74, 6) is 1.91. The fourth-order valence-electron chi connectivity index (χ4n) is 1.82. The second-order valence-corrected chi connectivity index (χ2v) is 5.09. The SMILES string of the molecule is CCNc1cc(NC(C)(C)CC(N)=O)nc(CC)n1. The van der Waals surface area contributed by atoms with Crippen LogP contribution in [0.1, 0.15) is 39.9 Å². The Labute approximate surface area is 114 Å². The molecule has 6 heteroatoms. The Balaban J connectivity index is 2.92. The molecule has 6 nitrogen and oxygen atoms in total. The summed E-state index contributed by atoms with van der Waals surface area (Å²) < 4.78 is 0. The first-order valence-corrected chi connectivity index (χ1v) is 6.54. The third-order valence-corrected chi connectivity index (χ3v) is 2.53. The average Bonchev–Trinajstić information content (AvgIpc) is 2.26. The molecular formula is C13H23N5O. The lowest BCUT2D eigenvalue weighted by atomic mass is 10.0. The van der Waals surface area contributed by atoms with Gasteiger partial charge in [0.25, 0.3) is 0 Å². The van der Waals surface area contributed by atoms with Crippen LogP contribution < -0.4 is 16.4 Å². The molecule has 1 amide bonds. The van der Waals surface area contributed by atoms with Gasteiger partial charge < -0.3 is 16.4 Å². The molecule has 0 radical (unpaired) electrons. The van der Waals surface area contributed by atoms with Crippen molar-refractivity contribution in [3.05, 3.63) is 11.9 Å². The van der Waals surface area contributed by atoms with Crippen LogP contribution in [-0.2, 0) is 11.2 Å². The van der Waals surface area contributed by atoms with Gasteiger partial charge in [0, 0.05) is 31.0 Å². The van der Waals surface area contributed by atoms with Crippen molar-refractivity contribution in [1.82, 2.24) is 9.97 Å². The van der Waals surface area contributed by atoms with Crippen molar-refractivity contribution < 1.29 is 4.79 Å². The molecule has 19 heavy (non-hydrogen) atoms. The van der Waals surface area contributed by atoms with E-state index in [0.29, 0.717) is 5.82 Å². The van der Waals surface area contributed by atoms with E-state index in [9.17, 15) is 4.79 Å². The molecule has 0 atom stereocenters. The van der Waals surface area contributed by atoms with E-state index in [0.717, 1.165) is 24.6 Å². The zero-order chi connectivity index (χ0) is 14.5. The third kappa shape index (κ3) is 5.11. The predicted molar refractivity (Wildman–Crippen MR) is 77.1 cm³/mol. The fourth-order valence-corrected chi connectivity index (χ4v) is 1.82. The molecule has 0 saturated heterocycles. The fraction of sp³-hybridized carbons (Fsp3) is 0.615. The zero-order valence-corrected chi connectivity index (χ0v) is 12.1. The van der Waals surface area contributed by atoms with Gasteiger partial charge in [0.05, 0.1) is 0 Å². The van der Waals surface area contributed by atoms with Gasteiger partial charge in [-0.1, -0.05) is 6.92 Å². The molecule has 0 spiro atoms. The van der Waals surface area contributed by atoms with Crippen LogP contribution in [0.5, 0.6) is 0 Å². The van der Waals surface area contributed by atoms with Gasteiger partial charge in [-0.05, 0) is 20.8 Å². The third-order valence-electron chi connectivity index (χ3n) is 2.53. The monoisotopic (exact) mass is 265 g/mol. The highest BCUT2D eigenvalue weighted by molar-refractivity contribution is 5.75. The van der Waals surface area contributed by atoms with Crippen LogP contribution in [0, 0.1) is 0 Å². The van der Waals surface area contributed by atoms with E-state index in [1.165, 1.54) is 0 Å². The maximum Gasteiger partial charge on any atom is 0.219 e.